The van der Waals surface area contributed by atoms with Crippen LogP contribution in [0.25, 0.3) is 0 Å². The molecule has 0 unspecified atom stereocenters. The molecule has 1 aliphatic heterocycles. The molecule has 6 heteroatoms. The standard InChI is InChI=1S/C13H17ClN2O3/c1-2-19-9-5-7-16(8-6-9)12-10(13(17)18)3-4-11(14)15-12/h3-4,9H,2,5-8H2,1H3,(H,17,18). The first kappa shape index (κ1) is 14.1. The van der Waals surface area contributed by atoms with Gasteiger partial charge in [-0.15, -0.1) is 0 Å². The molecule has 0 saturated carbocycles. The van der Waals surface area contributed by atoms with Gasteiger partial charge in [0.25, 0.3) is 0 Å². The Bertz CT molecular complexity index is 459. The Hall–Kier alpha value is -1.33. The minimum atomic E-state index is -0.980. The first-order valence-electron chi connectivity index (χ1n) is 6.38. The molecule has 0 aliphatic carbocycles. The molecule has 1 fully saturated rings. The van der Waals surface area contributed by atoms with Crippen molar-refractivity contribution in [3.8, 4) is 0 Å². The number of ether oxygens (including phenoxy) is 1. The van der Waals surface area contributed by atoms with Crippen LogP contribution in [0.1, 0.15) is 30.1 Å². The lowest BCUT2D eigenvalue weighted by Crippen LogP contribution is -2.38. The number of anilines is 1. The fraction of sp³-hybridized carbons (Fsp3) is 0.538. The van der Waals surface area contributed by atoms with E-state index in [9.17, 15) is 9.90 Å². The van der Waals surface area contributed by atoms with E-state index >= 15 is 0 Å². The van der Waals surface area contributed by atoms with Gasteiger partial charge in [-0.25, -0.2) is 9.78 Å². The van der Waals surface area contributed by atoms with E-state index in [1.807, 2.05) is 11.8 Å². The second kappa shape index (κ2) is 6.21. The van der Waals surface area contributed by atoms with Crippen molar-refractivity contribution >= 4 is 23.4 Å². The van der Waals surface area contributed by atoms with Crippen LogP contribution in [0.3, 0.4) is 0 Å². The number of carboxylic acids is 1. The molecule has 104 valence electrons. The van der Waals surface area contributed by atoms with E-state index in [4.69, 9.17) is 16.3 Å². The topological polar surface area (TPSA) is 62.7 Å². The molecule has 0 atom stereocenters. The van der Waals surface area contributed by atoms with E-state index in [2.05, 4.69) is 4.98 Å². The third-order valence-corrected chi connectivity index (χ3v) is 3.43. The van der Waals surface area contributed by atoms with E-state index in [-0.39, 0.29) is 11.7 Å². The first-order chi connectivity index (χ1) is 9.11. The van der Waals surface area contributed by atoms with Crippen LogP contribution in [0.2, 0.25) is 5.15 Å². The van der Waals surface area contributed by atoms with Crippen molar-refractivity contribution in [3.63, 3.8) is 0 Å². The van der Waals surface area contributed by atoms with Crippen molar-refractivity contribution in [2.75, 3.05) is 24.6 Å². The highest BCUT2D eigenvalue weighted by molar-refractivity contribution is 6.29. The number of aromatic carboxylic acids is 1. The van der Waals surface area contributed by atoms with Gasteiger partial charge in [-0.2, -0.15) is 0 Å². The quantitative estimate of drug-likeness (QED) is 0.861. The van der Waals surface area contributed by atoms with Crippen molar-refractivity contribution in [1.82, 2.24) is 4.98 Å². The molecule has 0 amide bonds. The number of halogens is 1. The Morgan fingerprint density at radius 1 is 1.53 bits per heavy atom. The normalized spacial score (nSPS) is 16.6. The smallest absolute Gasteiger partial charge is 0.339 e. The average molecular weight is 285 g/mol. The molecule has 1 aromatic heterocycles. The fourth-order valence-corrected chi connectivity index (χ4v) is 2.45. The van der Waals surface area contributed by atoms with Crippen molar-refractivity contribution in [3.05, 3.63) is 22.8 Å². The summed E-state index contributed by atoms with van der Waals surface area (Å²) in [4.78, 5) is 17.3. The third kappa shape index (κ3) is 3.36. The molecule has 0 bridgehead atoms. The van der Waals surface area contributed by atoms with Gasteiger partial charge < -0.3 is 14.7 Å². The van der Waals surface area contributed by atoms with Crippen molar-refractivity contribution in [2.24, 2.45) is 0 Å². The summed E-state index contributed by atoms with van der Waals surface area (Å²) in [6, 6.07) is 3.00. The van der Waals surface area contributed by atoms with Gasteiger partial charge in [0.2, 0.25) is 0 Å². The molecule has 1 saturated heterocycles. The Kier molecular flexibility index (Phi) is 4.61. The van der Waals surface area contributed by atoms with Crippen LogP contribution >= 0.6 is 11.6 Å². The molecule has 0 spiro atoms. The highest BCUT2D eigenvalue weighted by Crippen LogP contribution is 2.25. The van der Waals surface area contributed by atoms with E-state index < -0.39 is 5.97 Å². The van der Waals surface area contributed by atoms with Gasteiger partial charge in [-0.1, -0.05) is 11.6 Å². The van der Waals surface area contributed by atoms with Gasteiger partial charge in [0, 0.05) is 19.7 Å². The minimum Gasteiger partial charge on any atom is -0.478 e. The van der Waals surface area contributed by atoms with Crippen molar-refractivity contribution in [1.29, 1.82) is 0 Å². The molecule has 0 radical (unpaired) electrons. The van der Waals surface area contributed by atoms with E-state index in [0.717, 1.165) is 25.9 Å². The molecule has 5 nitrogen and oxygen atoms in total. The number of hydrogen-bond acceptors (Lipinski definition) is 4. The molecule has 2 rings (SSSR count). The number of aromatic nitrogens is 1. The first-order valence-corrected chi connectivity index (χ1v) is 6.76. The molecule has 1 aromatic rings. The number of hydrogen-bond donors (Lipinski definition) is 1. The van der Waals surface area contributed by atoms with Gasteiger partial charge in [0.1, 0.15) is 16.5 Å². The zero-order valence-electron chi connectivity index (χ0n) is 10.8. The van der Waals surface area contributed by atoms with Gasteiger partial charge in [0.15, 0.2) is 0 Å². The molecular formula is C13H17ClN2O3. The van der Waals surface area contributed by atoms with Gasteiger partial charge >= 0.3 is 5.97 Å². The lowest BCUT2D eigenvalue weighted by molar-refractivity contribution is 0.0458. The molecule has 1 N–H and O–H groups in total. The monoisotopic (exact) mass is 284 g/mol. The third-order valence-electron chi connectivity index (χ3n) is 3.22. The second-order valence-electron chi connectivity index (χ2n) is 4.45. The van der Waals surface area contributed by atoms with Crippen LogP contribution in [0.15, 0.2) is 12.1 Å². The van der Waals surface area contributed by atoms with Gasteiger partial charge in [-0.05, 0) is 31.9 Å². The molecule has 1 aliphatic rings. The summed E-state index contributed by atoms with van der Waals surface area (Å²) in [5, 5.41) is 9.50. The second-order valence-corrected chi connectivity index (χ2v) is 4.84. The van der Waals surface area contributed by atoms with Gasteiger partial charge in [-0.3, -0.25) is 0 Å². The van der Waals surface area contributed by atoms with E-state index in [1.165, 1.54) is 12.1 Å². The number of nitrogens with zero attached hydrogens (tertiary/aromatic N) is 2. The molecular weight excluding hydrogens is 268 g/mol. The largest absolute Gasteiger partial charge is 0.478 e. The lowest BCUT2D eigenvalue weighted by atomic mass is 10.1. The summed E-state index contributed by atoms with van der Waals surface area (Å²) < 4.78 is 5.58. The highest BCUT2D eigenvalue weighted by atomic mass is 35.5. The zero-order chi connectivity index (χ0) is 13.8. The summed E-state index contributed by atoms with van der Waals surface area (Å²) in [5.74, 6) is -0.527. The predicted molar refractivity (Wildman–Crippen MR) is 73.1 cm³/mol. The van der Waals surface area contributed by atoms with Crippen LogP contribution in [-0.2, 0) is 4.74 Å². The number of carboxylic acid groups (broad SMARTS) is 1. The predicted octanol–water partition coefficient (Wildman–Crippen LogP) is 2.44. The highest BCUT2D eigenvalue weighted by Gasteiger charge is 2.24. The van der Waals surface area contributed by atoms with Crippen LogP contribution in [0.5, 0.6) is 0 Å². The Labute approximate surface area is 117 Å². The van der Waals surface area contributed by atoms with E-state index in [1.54, 1.807) is 0 Å². The number of piperidine rings is 1. The Balaban J connectivity index is 2.14. The summed E-state index contributed by atoms with van der Waals surface area (Å²) in [7, 11) is 0. The average Bonchev–Trinajstić information content (AvgIpc) is 2.39. The fourth-order valence-electron chi connectivity index (χ4n) is 2.30. The number of carbonyl (C=O) groups is 1. The van der Waals surface area contributed by atoms with Crippen LogP contribution in [0.4, 0.5) is 5.82 Å². The summed E-state index contributed by atoms with van der Waals surface area (Å²) in [5.41, 5.74) is 0.194. The van der Waals surface area contributed by atoms with Crippen molar-refractivity contribution in [2.45, 2.75) is 25.9 Å². The SMILES string of the molecule is CCOC1CCN(c2nc(Cl)ccc2C(=O)O)CC1. The van der Waals surface area contributed by atoms with Crippen LogP contribution < -0.4 is 4.90 Å². The van der Waals surface area contributed by atoms with Gasteiger partial charge in [0.05, 0.1) is 6.10 Å². The number of pyridine rings is 1. The Morgan fingerprint density at radius 3 is 2.79 bits per heavy atom. The van der Waals surface area contributed by atoms with Crippen LogP contribution in [-0.4, -0.2) is 41.9 Å². The summed E-state index contributed by atoms with van der Waals surface area (Å²) >= 11 is 5.86. The maximum atomic E-state index is 11.2. The zero-order valence-corrected chi connectivity index (χ0v) is 11.6. The summed E-state index contributed by atoms with van der Waals surface area (Å²) in [6.07, 6.45) is 2.01. The number of rotatable bonds is 4. The van der Waals surface area contributed by atoms with E-state index in [0.29, 0.717) is 17.6 Å². The minimum absolute atomic E-state index is 0.194. The molecule has 0 aromatic carbocycles. The molecule has 19 heavy (non-hydrogen) atoms. The summed E-state index contributed by atoms with van der Waals surface area (Å²) in [6.45, 7) is 4.16. The Morgan fingerprint density at radius 2 is 2.21 bits per heavy atom. The van der Waals surface area contributed by atoms with Crippen LogP contribution in [0, 0.1) is 0 Å². The maximum Gasteiger partial charge on any atom is 0.339 e. The molecule has 2 heterocycles. The van der Waals surface area contributed by atoms with Crippen molar-refractivity contribution < 1.29 is 14.6 Å². The lowest BCUT2D eigenvalue weighted by Gasteiger charge is -2.33. The maximum absolute atomic E-state index is 11.2.